The Morgan fingerprint density at radius 3 is 2.31 bits per heavy atom. The molecule has 0 heterocycles. The third-order valence-corrected chi connectivity index (χ3v) is 5.97. The number of thiol groups is 1. The maximum absolute atomic E-state index is 10.2. The molecule has 0 radical (unpaired) electrons. The fourth-order valence-electron chi connectivity index (χ4n) is 3.59. The van der Waals surface area contributed by atoms with Crippen molar-refractivity contribution >= 4 is 12.6 Å². The topological polar surface area (TPSA) is 29.5 Å². The molecule has 0 aliphatic heterocycles. The summed E-state index contributed by atoms with van der Waals surface area (Å²) in [6, 6.07) is 0. The van der Waals surface area contributed by atoms with Gasteiger partial charge in [-0.05, 0) is 63.2 Å². The third-order valence-electron chi connectivity index (χ3n) is 5.56. The molecule has 2 nitrogen and oxygen atoms in total. The first-order valence-corrected chi connectivity index (χ1v) is 13.0. The molecule has 0 unspecified atom stereocenters. The van der Waals surface area contributed by atoms with Crippen molar-refractivity contribution in [1.82, 2.24) is 0 Å². The van der Waals surface area contributed by atoms with E-state index in [0.717, 1.165) is 25.7 Å². The van der Waals surface area contributed by atoms with Crippen LogP contribution in [0.3, 0.4) is 0 Å². The van der Waals surface area contributed by atoms with Gasteiger partial charge in [0.15, 0.2) is 0 Å². The third kappa shape index (κ3) is 19.6. The summed E-state index contributed by atoms with van der Waals surface area (Å²) in [6.07, 6.45) is 32.5. The van der Waals surface area contributed by atoms with Crippen molar-refractivity contribution in [3.63, 3.8) is 0 Å². The first-order valence-electron chi connectivity index (χ1n) is 12.5. The average molecular weight is 463 g/mol. The average Bonchev–Trinajstić information content (AvgIpc) is 2.73. The van der Waals surface area contributed by atoms with E-state index in [0.29, 0.717) is 18.3 Å². The van der Waals surface area contributed by atoms with E-state index in [1.165, 1.54) is 32.1 Å². The predicted molar refractivity (Wildman–Crippen MR) is 146 cm³/mol. The normalized spacial score (nSPS) is 16.3. The molecular formula is C29H50O2S. The lowest BCUT2D eigenvalue weighted by Crippen LogP contribution is -2.18. The van der Waals surface area contributed by atoms with Gasteiger partial charge in [-0.15, -0.1) is 12.6 Å². The van der Waals surface area contributed by atoms with Crippen molar-refractivity contribution in [2.75, 3.05) is 7.11 Å². The van der Waals surface area contributed by atoms with Gasteiger partial charge < -0.3 is 9.84 Å². The molecule has 0 fully saturated rings. The Bertz CT molecular complexity index is 582. The number of hydrogen-bond donors (Lipinski definition) is 2. The maximum Gasteiger partial charge on any atom is 0.111 e. The van der Waals surface area contributed by atoms with Crippen LogP contribution in [-0.2, 0) is 4.74 Å². The van der Waals surface area contributed by atoms with Crippen molar-refractivity contribution in [2.45, 2.75) is 109 Å². The molecule has 0 spiro atoms. The molecule has 0 saturated carbocycles. The highest BCUT2D eigenvalue weighted by Crippen LogP contribution is 2.28. The number of ether oxygens (including phenoxy) is 1. The fraction of sp³-hybridized carbons (Fsp3) is 0.655. The van der Waals surface area contributed by atoms with Gasteiger partial charge in [0.05, 0.1) is 6.10 Å². The van der Waals surface area contributed by atoms with Crippen LogP contribution in [0.5, 0.6) is 0 Å². The van der Waals surface area contributed by atoms with Gasteiger partial charge in [-0.25, -0.2) is 0 Å². The summed E-state index contributed by atoms with van der Waals surface area (Å²) in [4.78, 5) is -0.931. The summed E-state index contributed by atoms with van der Waals surface area (Å²) >= 11 is 4.35. The number of rotatable bonds is 19. The zero-order chi connectivity index (χ0) is 24.1. The van der Waals surface area contributed by atoms with Crippen molar-refractivity contribution in [3.8, 4) is 0 Å². The van der Waals surface area contributed by atoms with E-state index in [2.05, 4.69) is 82.9 Å². The molecule has 0 aromatic heterocycles. The lowest BCUT2D eigenvalue weighted by atomic mass is 9.83. The summed E-state index contributed by atoms with van der Waals surface area (Å²) in [5, 5.41) is 10.2. The maximum atomic E-state index is 10.2. The molecular weight excluding hydrogens is 412 g/mol. The van der Waals surface area contributed by atoms with Gasteiger partial charge >= 0.3 is 0 Å². The van der Waals surface area contributed by atoms with Crippen molar-refractivity contribution in [2.24, 2.45) is 5.41 Å². The van der Waals surface area contributed by atoms with Gasteiger partial charge in [0.25, 0.3) is 0 Å². The Morgan fingerprint density at radius 1 is 0.875 bits per heavy atom. The number of methoxy groups -OCH3 is 1. The van der Waals surface area contributed by atoms with Crippen LogP contribution in [0.25, 0.3) is 0 Å². The van der Waals surface area contributed by atoms with Gasteiger partial charge in [0.1, 0.15) is 4.93 Å². The van der Waals surface area contributed by atoms with E-state index in [9.17, 15) is 5.11 Å². The zero-order valence-electron chi connectivity index (χ0n) is 21.4. The first-order chi connectivity index (χ1) is 15.3. The molecule has 0 aromatic carbocycles. The Kier molecular flexibility index (Phi) is 18.8. The number of allylic oxidation sites excluding steroid dienone is 7. The molecule has 0 saturated heterocycles. The first kappa shape index (κ1) is 31.0. The summed E-state index contributed by atoms with van der Waals surface area (Å²) in [6.45, 7) is 9.12. The second-order valence-electron chi connectivity index (χ2n) is 9.41. The van der Waals surface area contributed by atoms with Crippen LogP contribution in [0.4, 0.5) is 0 Å². The van der Waals surface area contributed by atoms with E-state index < -0.39 is 4.93 Å². The highest BCUT2D eigenvalue weighted by atomic mass is 32.1. The summed E-state index contributed by atoms with van der Waals surface area (Å²) in [7, 11) is 1.75. The quantitative estimate of drug-likeness (QED) is 0.0660. The monoisotopic (exact) mass is 462 g/mol. The van der Waals surface area contributed by atoms with Crippen molar-refractivity contribution in [3.05, 3.63) is 60.8 Å². The van der Waals surface area contributed by atoms with Crippen LogP contribution in [0, 0.1) is 5.41 Å². The van der Waals surface area contributed by atoms with Crippen LogP contribution < -0.4 is 0 Å². The molecule has 2 atom stereocenters. The number of unbranched alkanes of at least 4 members (excludes halogenated alkanes) is 1. The molecule has 0 bridgehead atoms. The highest BCUT2D eigenvalue weighted by molar-refractivity contribution is 7.81. The van der Waals surface area contributed by atoms with E-state index in [1.54, 1.807) is 7.11 Å². The van der Waals surface area contributed by atoms with Crippen molar-refractivity contribution in [1.29, 1.82) is 0 Å². The Labute approximate surface area is 205 Å². The standard InChI is InChI=1S/C29H50O2S/c1-6-8-18-25-29(30,32)26-20-15-13-17-22-27(31-5)21-16-12-10-9-11-14-19-24-28(3,4)23-7-2/h8-9,11-13,15-18,22,27,30,32H,6-7,10,14,19-21,23-26H2,1-5H3/b11-9-,15-13+,16-12-,18-8-,22-17+/t27-,29+/m1/s1. The van der Waals surface area contributed by atoms with Crippen molar-refractivity contribution < 1.29 is 9.84 Å². The molecule has 1 N–H and O–H groups in total. The number of hydrogen-bond acceptors (Lipinski definition) is 3. The Balaban J connectivity index is 4.04. The summed E-state index contributed by atoms with van der Waals surface area (Å²) in [5.74, 6) is 0. The lowest BCUT2D eigenvalue weighted by molar-refractivity contribution is 0.134. The molecule has 0 aliphatic carbocycles. The molecule has 0 amide bonds. The molecule has 32 heavy (non-hydrogen) atoms. The van der Waals surface area contributed by atoms with Crippen LogP contribution >= 0.6 is 12.6 Å². The van der Waals surface area contributed by atoms with Gasteiger partial charge in [0, 0.05) is 13.5 Å². The minimum Gasteiger partial charge on any atom is -0.379 e. The largest absolute Gasteiger partial charge is 0.379 e. The highest BCUT2D eigenvalue weighted by Gasteiger charge is 2.18. The molecule has 184 valence electrons. The summed E-state index contributed by atoms with van der Waals surface area (Å²) < 4.78 is 5.53. The minimum atomic E-state index is -0.931. The van der Waals surface area contributed by atoms with Crippen LogP contribution in [0.2, 0.25) is 0 Å². The van der Waals surface area contributed by atoms with Gasteiger partial charge in [-0.2, -0.15) is 0 Å². The fourth-order valence-corrected chi connectivity index (χ4v) is 3.83. The van der Waals surface area contributed by atoms with E-state index in [4.69, 9.17) is 4.74 Å². The van der Waals surface area contributed by atoms with E-state index in [-0.39, 0.29) is 6.10 Å². The molecule has 0 aromatic rings. The lowest BCUT2D eigenvalue weighted by Gasteiger charge is -2.23. The van der Waals surface area contributed by atoms with Gasteiger partial charge in [0.2, 0.25) is 0 Å². The Morgan fingerprint density at radius 2 is 1.62 bits per heavy atom. The summed E-state index contributed by atoms with van der Waals surface area (Å²) in [5.41, 5.74) is 0.488. The van der Waals surface area contributed by atoms with Crippen LogP contribution in [-0.4, -0.2) is 23.3 Å². The molecule has 3 heteroatoms. The minimum absolute atomic E-state index is 0.0849. The van der Waals surface area contributed by atoms with E-state index >= 15 is 0 Å². The SMILES string of the molecule is CC/C=C\C[C@](O)(S)CC/C=C/C=C/[C@@H](C/C=C\C/C=C\CCCC(C)(C)CCC)OC. The van der Waals surface area contributed by atoms with E-state index in [1.807, 2.05) is 18.2 Å². The molecule has 0 rings (SSSR count). The van der Waals surface area contributed by atoms with Gasteiger partial charge in [-0.3, -0.25) is 0 Å². The molecule has 0 aliphatic rings. The second-order valence-corrected chi connectivity index (χ2v) is 10.2. The van der Waals surface area contributed by atoms with Crippen LogP contribution in [0.1, 0.15) is 98.3 Å². The zero-order valence-corrected chi connectivity index (χ0v) is 22.3. The second kappa shape index (κ2) is 19.4. The van der Waals surface area contributed by atoms with Crippen LogP contribution in [0.15, 0.2) is 60.8 Å². The predicted octanol–water partition coefficient (Wildman–Crippen LogP) is 8.76. The number of aliphatic hydroxyl groups is 1. The Hall–Kier alpha value is -1.03. The smallest absolute Gasteiger partial charge is 0.111 e. The van der Waals surface area contributed by atoms with Gasteiger partial charge in [-0.1, -0.05) is 94.9 Å².